The maximum absolute atomic E-state index is 11.5. The topological polar surface area (TPSA) is 90.6 Å². The number of rotatable bonds is 7. The quantitative estimate of drug-likeness (QED) is 0.415. The summed E-state index contributed by atoms with van der Waals surface area (Å²) in [5.74, 6) is -0.814. The van der Waals surface area contributed by atoms with E-state index in [4.69, 9.17) is 15.2 Å². The van der Waals surface area contributed by atoms with Crippen LogP contribution in [-0.4, -0.2) is 38.7 Å². The van der Waals surface area contributed by atoms with Crippen molar-refractivity contribution in [2.24, 2.45) is 0 Å². The molecule has 0 spiro atoms. The SMILES string of the molecule is COCCNC(=O)COC(=O)Cc1cccc(N)c1. The number of anilines is 1. The maximum atomic E-state index is 11.5. The van der Waals surface area contributed by atoms with Crippen molar-refractivity contribution in [3.63, 3.8) is 0 Å². The molecule has 19 heavy (non-hydrogen) atoms. The normalized spacial score (nSPS) is 9.95. The molecule has 0 aliphatic rings. The van der Waals surface area contributed by atoms with E-state index < -0.39 is 5.97 Å². The van der Waals surface area contributed by atoms with Gasteiger partial charge in [0.2, 0.25) is 0 Å². The number of esters is 1. The molecule has 0 bridgehead atoms. The molecule has 0 aliphatic carbocycles. The van der Waals surface area contributed by atoms with E-state index >= 15 is 0 Å². The average molecular weight is 266 g/mol. The first kappa shape index (κ1) is 15.0. The van der Waals surface area contributed by atoms with Gasteiger partial charge in [0.1, 0.15) is 0 Å². The lowest BCUT2D eigenvalue weighted by atomic mass is 10.1. The number of methoxy groups -OCH3 is 1. The van der Waals surface area contributed by atoms with Crippen LogP contribution in [0.3, 0.4) is 0 Å². The van der Waals surface area contributed by atoms with Crippen molar-refractivity contribution in [2.75, 3.05) is 32.6 Å². The van der Waals surface area contributed by atoms with E-state index in [1.807, 2.05) is 0 Å². The second kappa shape index (κ2) is 8.10. The first-order valence-corrected chi connectivity index (χ1v) is 5.87. The van der Waals surface area contributed by atoms with Gasteiger partial charge in [-0.15, -0.1) is 0 Å². The molecule has 0 saturated heterocycles. The number of carbonyl (C=O) groups excluding carboxylic acids is 2. The van der Waals surface area contributed by atoms with Gasteiger partial charge in [-0.05, 0) is 17.7 Å². The summed E-state index contributed by atoms with van der Waals surface area (Å²) < 4.78 is 9.62. The first-order valence-electron chi connectivity index (χ1n) is 5.87. The Morgan fingerprint density at radius 3 is 2.84 bits per heavy atom. The molecule has 1 rings (SSSR count). The molecule has 0 heterocycles. The summed E-state index contributed by atoms with van der Waals surface area (Å²) in [6, 6.07) is 6.96. The van der Waals surface area contributed by atoms with Gasteiger partial charge in [0, 0.05) is 19.3 Å². The Bertz CT molecular complexity index is 434. The smallest absolute Gasteiger partial charge is 0.310 e. The highest BCUT2D eigenvalue weighted by molar-refractivity contribution is 5.81. The number of nitrogen functional groups attached to an aromatic ring is 1. The molecule has 0 atom stereocenters. The van der Waals surface area contributed by atoms with E-state index in [0.29, 0.717) is 18.8 Å². The predicted octanol–water partition coefficient (Wildman–Crippen LogP) is 0.117. The van der Waals surface area contributed by atoms with Crippen molar-refractivity contribution < 1.29 is 19.1 Å². The van der Waals surface area contributed by atoms with Crippen LogP contribution in [0.25, 0.3) is 0 Å². The molecular weight excluding hydrogens is 248 g/mol. The first-order chi connectivity index (χ1) is 9.11. The van der Waals surface area contributed by atoms with Gasteiger partial charge in [-0.25, -0.2) is 0 Å². The van der Waals surface area contributed by atoms with Crippen molar-refractivity contribution in [3.05, 3.63) is 29.8 Å². The van der Waals surface area contributed by atoms with Crippen LogP contribution in [0.1, 0.15) is 5.56 Å². The lowest BCUT2D eigenvalue weighted by molar-refractivity contribution is -0.147. The molecule has 1 aromatic carbocycles. The zero-order valence-electron chi connectivity index (χ0n) is 10.8. The number of nitrogens with two attached hydrogens (primary N) is 1. The molecule has 3 N–H and O–H groups in total. The minimum absolute atomic E-state index is 0.0936. The van der Waals surface area contributed by atoms with Gasteiger partial charge in [-0.2, -0.15) is 0 Å². The van der Waals surface area contributed by atoms with E-state index in [0.717, 1.165) is 5.56 Å². The third-order valence-electron chi connectivity index (χ3n) is 2.29. The number of nitrogens with one attached hydrogen (secondary N) is 1. The molecular formula is C13H18N2O4. The fourth-order valence-electron chi connectivity index (χ4n) is 1.41. The van der Waals surface area contributed by atoms with E-state index in [-0.39, 0.29) is 18.9 Å². The zero-order chi connectivity index (χ0) is 14.1. The van der Waals surface area contributed by atoms with Crippen LogP contribution >= 0.6 is 0 Å². The lowest BCUT2D eigenvalue weighted by Crippen LogP contribution is -2.31. The summed E-state index contributed by atoms with van der Waals surface area (Å²) in [7, 11) is 1.54. The Morgan fingerprint density at radius 1 is 1.37 bits per heavy atom. The standard InChI is InChI=1S/C13H18N2O4/c1-18-6-5-15-12(16)9-19-13(17)8-10-3-2-4-11(14)7-10/h2-4,7H,5-6,8-9,14H2,1H3,(H,15,16). The Labute approximate surface area is 111 Å². The van der Waals surface area contributed by atoms with Crippen molar-refractivity contribution >= 4 is 17.6 Å². The summed E-state index contributed by atoms with van der Waals surface area (Å²) >= 11 is 0. The van der Waals surface area contributed by atoms with Crippen molar-refractivity contribution in [1.82, 2.24) is 5.32 Å². The molecule has 6 nitrogen and oxygen atoms in total. The number of hydrogen-bond acceptors (Lipinski definition) is 5. The summed E-state index contributed by atoms with van der Waals surface area (Å²) in [5, 5.41) is 2.55. The van der Waals surface area contributed by atoms with Crippen LogP contribution in [0, 0.1) is 0 Å². The number of benzene rings is 1. The lowest BCUT2D eigenvalue weighted by Gasteiger charge is -2.06. The molecule has 104 valence electrons. The van der Waals surface area contributed by atoms with Crippen LogP contribution in [-0.2, 0) is 25.5 Å². The van der Waals surface area contributed by atoms with Gasteiger partial charge in [0.25, 0.3) is 5.91 Å². The van der Waals surface area contributed by atoms with Crippen molar-refractivity contribution in [3.8, 4) is 0 Å². The summed E-state index contributed by atoms with van der Waals surface area (Å²) in [5.41, 5.74) is 6.94. The third kappa shape index (κ3) is 6.42. The fraction of sp³-hybridized carbons (Fsp3) is 0.385. The van der Waals surface area contributed by atoms with Gasteiger partial charge in [-0.3, -0.25) is 9.59 Å². The van der Waals surface area contributed by atoms with Crippen LogP contribution in [0.15, 0.2) is 24.3 Å². The number of ether oxygens (including phenoxy) is 2. The molecule has 1 amide bonds. The minimum atomic E-state index is -0.465. The van der Waals surface area contributed by atoms with E-state index in [1.54, 1.807) is 24.3 Å². The molecule has 0 radical (unpaired) electrons. The Balaban J connectivity index is 2.26. The van der Waals surface area contributed by atoms with E-state index in [1.165, 1.54) is 7.11 Å². The third-order valence-corrected chi connectivity index (χ3v) is 2.29. The number of carbonyl (C=O) groups is 2. The van der Waals surface area contributed by atoms with Crippen LogP contribution in [0.2, 0.25) is 0 Å². The molecule has 0 saturated carbocycles. The largest absolute Gasteiger partial charge is 0.455 e. The molecule has 0 fully saturated rings. The van der Waals surface area contributed by atoms with Crippen molar-refractivity contribution in [1.29, 1.82) is 0 Å². The minimum Gasteiger partial charge on any atom is -0.455 e. The highest BCUT2D eigenvalue weighted by Gasteiger charge is 2.08. The Hall–Kier alpha value is -2.08. The molecule has 1 aromatic rings. The summed E-state index contributed by atoms with van der Waals surface area (Å²) in [6.07, 6.45) is 0.0936. The second-order valence-corrected chi connectivity index (χ2v) is 3.93. The maximum Gasteiger partial charge on any atom is 0.310 e. The van der Waals surface area contributed by atoms with Crippen LogP contribution in [0.5, 0.6) is 0 Å². The molecule has 0 aromatic heterocycles. The summed E-state index contributed by atoms with van der Waals surface area (Å²) in [6.45, 7) is 0.524. The molecule has 0 unspecified atom stereocenters. The highest BCUT2D eigenvalue weighted by atomic mass is 16.5. The Kier molecular flexibility index (Phi) is 6.38. The predicted molar refractivity (Wildman–Crippen MR) is 70.4 cm³/mol. The zero-order valence-corrected chi connectivity index (χ0v) is 10.8. The monoisotopic (exact) mass is 266 g/mol. The Morgan fingerprint density at radius 2 is 2.16 bits per heavy atom. The second-order valence-electron chi connectivity index (χ2n) is 3.93. The van der Waals surface area contributed by atoms with E-state index in [9.17, 15) is 9.59 Å². The fourth-order valence-corrected chi connectivity index (χ4v) is 1.41. The summed E-state index contributed by atoms with van der Waals surface area (Å²) in [4.78, 5) is 22.8. The molecule has 0 aliphatic heterocycles. The van der Waals surface area contributed by atoms with Gasteiger partial charge in [0.05, 0.1) is 13.0 Å². The van der Waals surface area contributed by atoms with Crippen LogP contribution < -0.4 is 11.1 Å². The van der Waals surface area contributed by atoms with Gasteiger partial charge >= 0.3 is 5.97 Å². The van der Waals surface area contributed by atoms with Crippen LogP contribution in [0.4, 0.5) is 5.69 Å². The van der Waals surface area contributed by atoms with Gasteiger partial charge in [0.15, 0.2) is 6.61 Å². The van der Waals surface area contributed by atoms with Gasteiger partial charge in [-0.1, -0.05) is 12.1 Å². The number of hydrogen-bond donors (Lipinski definition) is 2. The van der Waals surface area contributed by atoms with E-state index in [2.05, 4.69) is 5.32 Å². The number of amides is 1. The highest BCUT2D eigenvalue weighted by Crippen LogP contribution is 2.07. The molecule has 6 heteroatoms. The van der Waals surface area contributed by atoms with Gasteiger partial charge < -0.3 is 20.5 Å². The average Bonchev–Trinajstić information content (AvgIpc) is 2.37. The van der Waals surface area contributed by atoms with Crippen molar-refractivity contribution in [2.45, 2.75) is 6.42 Å².